The lowest BCUT2D eigenvalue weighted by Gasteiger charge is -2.30. The molecule has 1 aliphatic heterocycles. The van der Waals surface area contributed by atoms with Gasteiger partial charge in [0.15, 0.2) is 5.13 Å². The first-order chi connectivity index (χ1) is 14.0. The van der Waals surface area contributed by atoms with Gasteiger partial charge in [-0.05, 0) is 49.1 Å². The van der Waals surface area contributed by atoms with Crippen LogP contribution in [0.1, 0.15) is 25.3 Å². The Kier molecular flexibility index (Phi) is 5.62. The lowest BCUT2D eigenvalue weighted by Crippen LogP contribution is -2.41. The van der Waals surface area contributed by atoms with Crippen LogP contribution in [-0.2, 0) is 21.2 Å². The van der Waals surface area contributed by atoms with E-state index in [1.54, 1.807) is 12.3 Å². The first-order valence-corrected chi connectivity index (χ1v) is 11.8. The van der Waals surface area contributed by atoms with Gasteiger partial charge in [-0.3, -0.25) is 9.78 Å². The number of hydrogen-bond acceptors (Lipinski definition) is 6. The predicted molar refractivity (Wildman–Crippen MR) is 113 cm³/mol. The summed E-state index contributed by atoms with van der Waals surface area (Å²) in [6, 6.07) is 9.27. The highest BCUT2D eigenvalue weighted by atomic mass is 32.2. The first kappa shape index (κ1) is 19.9. The summed E-state index contributed by atoms with van der Waals surface area (Å²) < 4.78 is 27.8. The zero-order valence-electron chi connectivity index (χ0n) is 16.0. The molecule has 1 saturated heterocycles. The highest BCUT2D eigenvalue weighted by Crippen LogP contribution is 2.29. The normalized spacial score (nSPS) is 16.2. The third-order valence-electron chi connectivity index (χ3n) is 5.19. The summed E-state index contributed by atoms with van der Waals surface area (Å²) in [6.07, 6.45) is 4.81. The van der Waals surface area contributed by atoms with Gasteiger partial charge in [-0.2, -0.15) is 4.31 Å². The number of thiazole rings is 1. The van der Waals surface area contributed by atoms with E-state index < -0.39 is 10.0 Å². The number of nitrogens with one attached hydrogen (secondary N) is 1. The number of carbonyl (C=O) groups excluding carboxylic acids is 1. The molecule has 0 saturated carbocycles. The molecule has 1 aromatic carbocycles. The van der Waals surface area contributed by atoms with Crippen LogP contribution in [0.2, 0.25) is 0 Å². The van der Waals surface area contributed by atoms with Gasteiger partial charge in [-0.1, -0.05) is 24.3 Å². The number of piperidine rings is 1. The summed E-state index contributed by atoms with van der Waals surface area (Å²) in [7, 11) is -3.57. The lowest BCUT2D eigenvalue weighted by atomic mass is 9.97. The molecule has 0 spiro atoms. The molecule has 1 fully saturated rings. The van der Waals surface area contributed by atoms with Gasteiger partial charge < -0.3 is 5.32 Å². The van der Waals surface area contributed by atoms with E-state index in [9.17, 15) is 13.2 Å². The Bertz CT molecular complexity index is 1120. The van der Waals surface area contributed by atoms with Gasteiger partial charge >= 0.3 is 0 Å². The van der Waals surface area contributed by atoms with Crippen molar-refractivity contribution < 1.29 is 13.2 Å². The monoisotopic (exact) mass is 430 g/mol. The zero-order valence-corrected chi connectivity index (χ0v) is 17.7. The molecule has 0 radical (unpaired) electrons. The number of hydrogen-bond donors (Lipinski definition) is 1. The molecule has 1 N–H and O–H groups in total. The minimum atomic E-state index is -3.57. The van der Waals surface area contributed by atoms with E-state index in [1.165, 1.54) is 33.5 Å². The van der Waals surface area contributed by atoms with Gasteiger partial charge in [-0.25, -0.2) is 13.4 Å². The molecule has 4 rings (SSSR count). The van der Waals surface area contributed by atoms with Crippen molar-refractivity contribution in [2.45, 2.75) is 31.1 Å². The number of aryl methyl sites for hydroxylation is 1. The molecular weight excluding hydrogens is 408 g/mol. The van der Waals surface area contributed by atoms with Crippen LogP contribution in [0.25, 0.3) is 10.2 Å². The average molecular weight is 431 g/mol. The lowest BCUT2D eigenvalue weighted by molar-refractivity contribution is -0.120. The Morgan fingerprint density at radius 3 is 2.76 bits per heavy atom. The number of anilines is 1. The van der Waals surface area contributed by atoms with Crippen molar-refractivity contribution in [1.29, 1.82) is 0 Å². The highest BCUT2D eigenvalue weighted by Gasteiger charge is 2.32. The molecule has 0 atom stereocenters. The zero-order chi connectivity index (χ0) is 20.4. The summed E-state index contributed by atoms with van der Waals surface area (Å²) >= 11 is 1.46. The maximum Gasteiger partial charge on any atom is 0.244 e. The summed E-state index contributed by atoms with van der Waals surface area (Å²) in [5.74, 6) is -0.327. The maximum absolute atomic E-state index is 12.7. The van der Waals surface area contributed by atoms with Crippen LogP contribution in [0.5, 0.6) is 0 Å². The number of benzene rings is 1. The number of sulfonamides is 1. The number of pyridine rings is 1. The number of nitrogens with zero attached hydrogens (tertiary/aromatic N) is 3. The minimum absolute atomic E-state index is 0.0989. The summed E-state index contributed by atoms with van der Waals surface area (Å²) in [5, 5.41) is 3.50. The Morgan fingerprint density at radius 1 is 1.28 bits per heavy atom. The van der Waals surface area contributed by atoms with Crippen molar-refractivity contribution in [2.75, 3.05) is 18.4 Å². The van der Waals surface area contributed by atoms with E-state index >= 15 is 0 Å². The van der Waals surface area contributed by atoms with Crippen LogP contribution in [0.3, 0.4) is 0 Å². The van der Waals surface area contributed by atoms with Gasteiger partial charge in [0.25, 0.3) is 0 Å². The minimum Gasteiger partial charge on any atom is -0.302 e. The van der Waals surface area contributed by atoms with Crippen LogP contribution in [0, 0.1) is 5.92 Å². The van der Waals surface area contributed by atoms with Crippen molar-refractivity contribution in [3.63, 3.8) is 0 Å². The average Bonchev–Trinajstić information content (AvgIpc) is 3.15. The topological polar surface area (TPSA) is 92.3 Å². The number of carbonyl (C=O) groups is 1. The SMILES string of the molecule is CCc1ccc2nc(NC(=O)C3CCN(S(=O)(=O)c4cccnc4)CC3)sc2c1. The fourth-order valence-corrected chi connectivity index (χ4v) is 5.82. The van der Waals surface area contributed by atoms with Gasteiger partial charge in [0.05, 0.1) is 10.2 Å². The van der Waals surface area contributed by atoms with Gasteiger partial charge in [-0.15, -0.1) is 0 Å². The Balaban J connectivity index is 1.39. The molecule has 29 heavy (non-hydrogen) atoms. The number of amides is 1. The highest BCUT2D eigenvalue weighted by molar-refractivity contribution is 7.89. The van der Waals surface area contributed by atoms with Crippen molar-refractivity contribution >= 4 is 42.6 Å². The van der Waals surface area contributed by atoms with Gasteiger partial charge in [0, 0.05) is 31.4 Å². The molecule has 1 aliphatic rings. The quantitative estimate of drug-likeness (QED) is 0.671. The Hall–Kier alpha value is -2.36. The van der Waals surface area contributed by atoms with Crippen molar-refractivity contribution in [1.82, 2.24) is 14.3 Å². The standard InChI is InChI=1S/C20H22N4O3S2/c1-2-14-5-6-17-18(12-14)28-20(22-17)23-19(25)15-7-10-24(11-8-15)29(26,27)16-4-3-9-21-13-16/h3-6,9,12-13,15H,2,7-8,10-11H2,1H3,(H,22,23,25). The molecule has 1 amide bonds. The molecular formula is C20H22N4O3S2. The molecule has 2 aromatic heterocycles. The fraction of sp³-hybridized carbons (Fsp3) is 0.350. The van der Waals surface area contributed by atoms with Crippen LogP contribution in [0.4, 0.5) is 5.13 Å². The molecule has 152 valence electrons. The molecule has 0 bridgehead atoms. The molecule has 7 nitrogen and oxygen atoms in total. The van der Waals surface area contributed by atoms with Gasteiger partial charge in [0.2, 0.25) is 15.9 Å². The molecule has 3 aromatic rings. The van der Waals surface area contributed by atoms with Crippen molar-refractivity contribution in [2.24, 2.45) is 5.92 Å². The van der Waals surface area contributed by atoms with E-state index in [-0.39, 0.29) is 16.7 Å². The summed E-state index contributed by atoms with van der Waals surface area (Å²) in [5.41, 5.74) is 2.11. The third kappa shape index (κ3) is 4.17. The summed E-state index contributed by atoms with van der Waals surface area (Å²) in [4.78, 5) is 21.2. The van der Waals surface area contributed by atoms with Crippen LogP contribution in [0.15, 0.2) is 47.6 Å². The van der Waals surface area contributed by atoms with Crippen LogP contribution < -0.4 is 5.32 Å². The van der Waals surface area contributed by atoms with E-state index in [4.69, 9.17) is 0 Å². The van der Waals surface area contributed by atoms with E-state index in [2.05, 4.69) is 28.3 Å². The maximum atomic E-state index is 12.7. The van der Waals surface area contributed by atoms with E-state index in [0.29, 0.717) is 31.1 Å². The largest absolute Gasteiger partial charge is 0.302 e. The molecule has 3 heterocycles. The van der Waals surface area contributed by atoms with E-state index in [1.807, 2.05) is 12.1 Å². The van der Waals surface area contributed by atoms with Gasteiger partial charge in [0.1, 0.15) is 4.90 Å². The summed E-state index contributed by atoms with van der Waals surface area (Å²) in [6.45, 7) is 2.73. The number of fused-ring (bicyclic) bond motifs is 1. The van der Waals surface area contributed by atoms with Crippen LogP contribution in [-0.4, -0.2) is 41.7 Å². The second-order valence-electron chi connectivity index (χ2n) is 7.03. The number of aromatic nitrogens is 2. The Morgan fingerprint density at radius 2 is 2.07 bits per heavy atom. The second-order valence-corrected chi connectivity index (χ2v) is 10.00. The molecule has 0 unspecified atom stereocenters. The van der Waals surface area contributed by atoms with Crippen molar-refractivity contribution in [3.8, 4) is 0 Å². The van der Waals surface area contributed by atoms with Crippen molar-refractivity contribution in [3.05, 3.63) is 48.3 Å². The van der Waals surface area contributed by atoms with E-state index in [0.717, 1.165) is 16.6 Å². The third-order valence-corrected chi connectivity index (χ3v) is 8.00. The number of rotatable bonds is 5. The fourth-order valence-electron chi connectivity index (χ4n) is 3.46. The predicted octanol–water partition coefficient (Wildman–Crippen LogP) is 3.29. The first-order valence-electron chi connectivity index (χ1n) is 9.58. The molecule has 9 heteroatoms. The Labute approximate surface area is 173 Å². The van der Waals surface area contributed by atoms with Crippen LogP contribution >= 0.6 is 11.3 Å². The second kappa shape index (κ2) is 8.17. The molecule has 0 aliphatic carbocycles. The smallest absolute Gasteiger partial charge is 0.244 e.